The molecule has 0 heterocycles. The Morgan fingerprint density at radius 2 is 2.18 bits per heavy atom. The van der Waals surface area contributed by atoms with Gasteiger partial charge in [-0.15, -0.1) is 0 Å². The van der Waals surface area contributed by atoms with Crippen LogP contribution in [0.2, 0.25) is 0 Å². The Labute approximate surface area is 70.4 Å². The Hall–Kier alpha value is -0.710. The molecule has 64 valence electrons. The first-order valence-corrected chi connectivity index (χ1v) is 3.73. The van der Waals surface area contributed by atoms with Gasteiger partial charge in [-0.2, -0.15) is 12.6 Å². The molecule has 1 unspecified atom stereocenters. The Balaban J connectivity index is 3.39. The number of carboxylic acid groups (broad SMARTS) is 1. The molecule has 2 N–H and O–H groups in total. The fraction of sp³-hybridized carbons (Fsp3) is 0.667. The predicted molar refractivity (Wildman–Crippen MR) is 43.7 cm³/mol. The second kappa shape index (κ2) is 5.01. The highest BCUT2D eigenvalue weighted by atomic mass is 32.1. The van der Waals surface area contributed by atoms with Gasteiger partial charge in [-0.3, -0.25) is 9.59 Å². The Bertz CT molecular complexity index is 158. The van der Waals surface area contributed by atoms with Gasteiger partial charge in [0.1, 0.15) is 0 Å². The SMILES string of the molecule is CC(S)C(=O)NCCC(=O)O. The van der Waals surface area contributed by atoms with E-state index < -0.39 is 5.97 Å². The fourth-order valence-electron chi connectivity index (χ4n) is 0.440. The summed E-state index contributed by atoms with van der Waals surface area (Å²) in [4.78, 5) is 20.7. The molecule has 4 nitrogen and oxygen atoms in total. The summed E-state index contributed by atoms with van der Waals surface area (Å²) in [6.07, 6.45) is -0.0494. The van der Waals surface area contributed by atoms with E-state index in [2.05, 4.69) is 17.9 Å². The molecule has 1 amide bonds. The summed E-state index contributed by atoms with van der Waals surface area (Å²) < 4.78 is 0. The van der Waals surface area contributed by atoms with Crippen LogP contribution in [0.3, 0.4) is 0 Å². The maximum atomic E-state index is 10.7. The smallest absolute Gasteiger partial charge is 0.305 e. The number of carboxylic acids is 1. The molecule has 1 atom stereocenters. The van der Waals surface area contributed by atoms with Crippen LogP contribution in [0.4, 0.5) is 0 Å². The minimum atomic E-state index is -0.919. The van der Waals surface area contributed by atoms with Gasteiger partial charge in [0.15, 0.2) is 0 Å². The highest BCUT2D eigenvalue weighted by Gasteiger charge is 2.06. The summed E-state index contributed by atoms with van der Waals surface area (Å²) in [7, 11) is 0. The van der Waals surface area contributed by atoms with Crippen LogP contribution < -0.4 is 5.32 Å². The van der Waals surface area contributed by atoms with Crippen molar-refractivity contribution in [1.29, 1.82) is 0 Å². The number of carbonyl (C=O) groups is 2. The number of rotatable bonds is 4. The fourth-order valence-corrected chi connectivity index (χ4v) is 0.532. The third-order valence-corrected chi connectivity index (χ3v) is 1.25. The van der Waals surface area contributed by atoms with E-state index in [4.69, 9.17) is 5.11 Å². The molecule has 0 aromatic heterocycles. The third kappa shape index (κ3) is 5.72. The lowest BCUT2D eigenvalue weighted by molar-refractivity contribution is -0.136. The molecule has 0 rings (SSSR count). The number of thiol groups is 1. The molecule has 0 aromatic rings. The van der Waals surface area contributed by atoms with E-state index in [1.807, 2.05) is 0 Å². The molecule has 0 aromatic carbocycles. The number of carbonyl (C=O) groups excluding carboxylic acids is 1. The van der Waals surface area contributed by atoms with E-state index in [-0.39, 0.29) is 24.1 Å². The first kappa shape index (κ1) is 10.3. The highest BCUT2D eigenvalue weighted by Crippen LogP contribution is 1.90. The number of nitrogens with one attached hydrogen (secondary N) is 1. The predicted octanol–water partition coefficient (Wildman–Crippen LogP) is -0.104. The minimum absolute atomic E-state index is 0.0494. The Morgan fingerprint density at radius 3 is 2.55 bits per heavy atom. The Morgan fingerprint density at radius 1 is 1.64 bits per heavy atom. The molecule has 0 aliphatic rings. The van der Waals surface area contributed by atoms with Crippen LogP contribution in [0.1, 0.15) is 13.3 Å². The summed E-state index contributed by atoms with van der Waals surface area (Å²) in [5.74, 6) is -1.16. The molecule has 11 heavy (non-hydrogen) atoms. The van der Waals surface area contributed by atoms with Gasteiger partial charge < -0.3 is 10.4 Å². The number of hydrogen-bond acceptors (Lipinski definition) is 3. The minimum Gasteiger partial charge on any atom is -0.481 e. The summed E-state index contributed by atoms with van der Waals surface area (Å²) in [6, 6.07) is 0. The molecule has 0 fully saturated rings. The van der Waals surface area contributed by atoms with E-state index in [1.165, 1.54) is 0 Å². The van der Waals surface area contributed by atoms with Crippen molar-refractivity contribution in [3.63, 3.8) is 0 Å². The van der Waals surface area contributed by atoms with Gasteiger partial charge in [-0.25, -0.2) is 0 Å². The van der Waals surface area contributed by atoms with Crippen LogP contribution in [0.5, 0.6) is 0 Å². The van der Waals surface area contributed by atoms with Crippen LogP contribution in [-0.4, -0.2) is 28.8 Å². The topological polar surface area (TPSA) is 66.4 Å². The third-order valence-electron chi connectivity index (χ3n) is 1.02. The lowest BCUT2D eigenvalue weighted by atomic mass is 10.4. The summed E-state index contributed by atoms with van der Waals surface area (Å²) in [5.41, 5.74) is 0. The van der Waals surface area contributed by atoms with Crippen LogP contribution in [0, 0.1) is 0 Å². The largest absolute Gasteiger partial charge is 0.481 e. The van der Waals surface area contributed by atoms with Gasteiger partial charge in [0.25, 0.3) is 0 Å². The standard InChI is InChI=1S/C6H11NO3S/c1-4(11)6(10)7-3-2-5(8)9/h4,11H,2-3H2,1H3,(H,7,10)(H,8,9). The molecular formula is C6H11NO3S. The molecule has 0 aliphatic heterocycles. The zero-order chi connectivity index (χ0) is 8.85. The summed E-state index contributed by atoms with van der Waals surface area (Å²) in [6.45, 7) is 1.79. The molecular weight excluding hydrogens is 166 g/mol. The molecule has 0 saturated carbocycles. The number of hydrogen-bond donors (Lipinski definition) is 3. The average Bonchev–Trinajstić information content (AvgIpc) is 1.86. The molecule has 5 heteroatoms. The maximum absolute atomic E-state index is 10.7. The van der Waals surface area contributed by atoms with Crippen molar-refractivity contribution in [3.8, 4) is 0 Å². The van der Waals surface area contributed by atoms with E-state index in [9.17, 15) is 9.59 Å². The lowest BCUT2D eigenvalue weighted by Gasteiger charge is -2.04. The highest BCUT2D eigenvalue weighted by molar-refractivity contribution is 7.81. The van der Waals surface area contributed by atoms with Crippen LogP contribution in [-0.2, 0) is 9.59 Å². The van der Waals surface area contributed by atoms with Gasteiger partial charge in [0.05, 0.1) is 11.7 Å². The zero-order valence-corrected chi connectivity index (χ0v) is 7.10. The van der Waals surface area contributed by atoms with Crippen LogP contribution in [0.15, 0.2) is 0 Å². The summed E-state index contributed by atoms with van der Waals surface area (Å²) in [5, 5.41) is 10.2. The quantitative estimate of drug-likeness (QED) is 0.525. The van der Waals surface area contributed by atoms with Crippen molar-refractivity contribution < 1.29 is 14.7 Å². The first-order valence-electron chi connectivity index (χ1n) is 3.21. The van der Waals surface area contributed by atoms with Crippen molar-refractivity contribution in [3.05, 3.63) is 0 Å². The number of aliphatic carboxylic acids is 1. The van der Waals surface area contributed by atoms with Gasteiger partial charge in [0, 0.05) is 6.54 Å². The Kier molecular flexibility index (Phi) is 4.69. The van der Waals surface area contributed by atoms with E-state index in [0.717, 1.165) is 0 Å². The molecule has 0 radical (unpaired) electrons. The first-order chi connectivity index (χ1) is 5.04. The summed E-state index contributed by atoms with van der Waals surface area (Å²) >= 11 is 3.86. The van der Waals surface area contributed by atoms with Gasteiger partial charge in [0.2, 0.25) is 5.91 Å². The van der Waals surface area contributed by atoms with Crippen molar-refractivity contribution in [2.24, 2.45) is 0 Å². The van der Waals surface area contributed by atoms with Crippen molar-refractivity contribution in [1.82, 2.24) is 5.32 Å². The van der Waals surface area contributed by atoms with Gasteiger partial charge in [-0.1, -0.05) is 0 Å². The molecule has 0 saturated heterocycles. The average molecular weight is 177 g/mol. The molecule has 0 aliphatic carbocycles. The maximum Gasteiger partial charge on any atom is 0.305 e. The number of amides is 1. The van der Waals surface area contributed by atoms with Crippen molar-refractivity contribution >= 4 is 24.5 Å². The molecule has 0 bridgehead atoms. The molecule has 0 spiro atoms. The monoisotopic (exact) mass is 177 g/mol. The van der Waals surface area contributed by atoms with Crippen molar-refractivity contribution in [2.75, 3.05) is 6.54 Å². The van der Waals surface area contributed by atoms with E-state index in [0.29, 0.717) is 0 Å². The van der Waals surface area contributed by atoms with Crippen LogP contribution >= 0.6 is 12.6 Å². The van der Waals surface area contributed by atoms with Crippen molar-refractivity contribution in [2.45, 2.75) is 18.6 Å². The second-order valence-corrected chi connectivity index (χ2v) is 2.89. The van der Waals surface area contributed by atoms with E-state index in [1.54, 1.807) is 6.92 Å². The van der Waals surface area contributed by atoms with E-state index >= 15 is 0 Å². The normalized spacial score (nSPS) is 12.2. The zero-order valence-electron chi connectivity index (χ0n) is 6.20. The van der Waals surface area contributed by atoms with Gasteiger partial charge in [-0.05, 0) is 6.92 Å². The van der Waals surface area contributed by atoms with Gasteiger partial charge >= 0.3 is 5.97 Å². The van der Waals surface area contributed by atoms with Crippen LogP contribution in [0.25, 0.3) is 0 Å². The second-order valence-electron chi connectivity index (χ2n) is 2.11. The lowest BCUT2D eigenvalue weighted by Crippen LogP contribution is -2.31.